The summed E-state index contributed by atoms with van der Waals surface area (Å²) in [6.07, 6.45) is 1.43. The minimum absolute atomic E-state index is 0.123. The summed E-state index contributed by atoms with van der Waals surface area (Å²) in [4.78, 5) is 21.4. The Morgan fingerprint density at radius 2 is 1.89 bits per heavy atom. The van der Waals surface area contributed by atoms with Crippen molar-refractivity contribution in [1.82, 2.24) is 0 Å². The van der Waals surface area contributed by atoms with Crippen LogP contribution in [0.15, 0.2) is 0 Å². The van der Waals surface area contributed by atoms with E-state index in [0.717, 1.165) is 6.29 Å². The molecular weight excluding hydrogens is 248 g/mol. The normalized spacial score (nSPS) is 14.1. The Bertz CT molecular complexity index is 281. The Kier molecular flexibility index (Phi) is 6.77. The van der Waals surface area contributed by atoms with Gasteiger partial charge in [-0.05, 0) is 24.6 Å². The number of hydrogen-bond donors (Lipinski definition) is 0. The minimum atomic E-state index is -1.84. The van der Waals surface area contributed by atoms with E-state index < -0.39 is 8.32 Å². The zero-order valence-electron chi connectivity index (χ0n) is 12.4. The molecule has 0 aromatic rings. The van der Waals surface area contributed by atoms with Gasteiger partial charge in [0, 0.05) is 13.3 Å². The molecule has 0 amide bonds. The average Bonchev–Trinajstić information content (AvgIpc) is 2.20. The van der Waals surface area contributed by atoms with E-state index in [0.29, 0.717) is 19.4 Å². The summed E-state index contributed by atoms with van der Waals surface area (Å²) in [5.41, 5.74) is 0. The molecule has 0 N–H and O–H groups in total. The Labute approximate surface area is 111 Å². The first kappa shape index (κ1) is 17.3. The van der Waals surface area contributed by atoms with Crippen LogP contribution in [0.5, 0.6) is 0 Å². The molecule has 0 spiro atoms. The second-order valence-electron chi connectivity index (χ2n) is 6.05. The summed E-state index contributed by atoms with van der Waals surface area (Å²) < 4.78 is 11.2. The van der Waals surface area contributed by atoms with Gasteiger partial charge in [-0.1, -0.05) is 20.8 Å². The van der Waals surface area contributed by atoms with Gasteiger partial charge in [0.25, 0.3) is 0 Å². The molecule has 0 aliphatic carbocycles. The van der Waals surface area contributed by atoms with Crippen molar-refractivity contribution in [3.05, 3.63) is 0 Å². The van der Waals surface area contributed by atoms with Crippen molar-refractivity contribution in [3.8, 4) is 0 Å². The summed E-state index contributed by atoms with van der Waals surface area (Å²) >= 11 is 0. The number of esters is 1. The van der Waals surface area contributed by atoms with E-state index in [9.17, 15) is 9.59 Å². The second kappa shape index (κ2) is 7.04. The van der Waals surface area contributed by atoms with Gasteiger partial charge in [-0.3, -0.25) is 4.79 Å². The van der Waals surface area contributed by atoms with Crippen LogP contribution in [-0.4, -0.2) is 33.3 Å². The van der Waals surface area contributed by atoms with E-state index >= 15 is 0 Å². The zero-order valence-corrected chi connectivity index (χ0v) is 13.4. The third-order valence-electron chi connectivity index (χ3n) is 3.38. The van der Waals surface area contributed by atoms with Crippen molar-refractivity contribution in [3.63, 3.8) is 0 Å². The molecule has 18 heavy (non-hydrogen) atoms. The van der Waals surface area contributed by atoms with Gasteiger partial charge in [-0.2, -0.15) is 0 Å². The molecule has 5 heteroatoms. The SMILES string of the molecule is CC(=O)O[C@H](CCC=O)CO[Si](C)(C)C(C)(C)C. The Hall–Kier alpha value is -0.683. The molecule has 0 fully saturated rings. The summed E-state index contributed by atoms with van der Waals surface area (Å²) in [7, 11) is -1.84. The average molecular weight is 274 g/mol. The lowest BCUT2D eigenvalue weighted by atomic mass is 10.2. The van der Waals surface area contributed by atoms with E-state index in [1.54, 1.807) is 0 Å². The first-order valence-electron chi connectivity index (χ1n) is 6.35. The van der Waals surface area contributed by atoms with Crippen LogP contribution >= 0.6 is 0 Å². The Morgan fingerprint density at radius 3 is 2.28 bits per heavy atom. The largest absolute Gasteiger partial charge is 0.460 e. The molecule has 0 saturated carbocycles. The monoisotopic (exact) mass is 274 g/mol. The second-order valence-corrected chi connectivity index (χ2v) is 10.9. The van der Waals surface area contributed by atoms with Gasteiger partial charge in [0.2, 0.25) is 0 Å². The highest BCUT2D eigenvalue weighted by molar-refractivity contribution is 6.74. The number of carbonyl (C=O) groups excluding carboxylic acids is 2. The van der Waals surface area contributed by atoms with Crippen molar-refractivity contribution in [2.45, 2.75) is 64.8 Å². The van der Waals surface area contributed by atoms with Crippen LogP contribution in [0.1, 0.15) is 40.5 Å². The number of aldehydes is 1. The van der Waals surface area contributed by atoms with Crippen LogP contribution in [0.25, 0.3) is 0 Å². The topological polar surface area (TPSA) is 52.6 Å². The molecular formula is C13H26O4Si. The van der Waals surface area contributed by atoms with Gasteiger partial charge in [0.1, 0.15) is 12.4 Å². The molecule has 4 nitrogen and oxygen atoms in total. The number of carbonyl (C=O) groups is 2. The zero-order chi connectivity index (χ0) is 14.4. The van der Waals surface area contributed by atoms with Crippen molar-refractivity contribution in [2.75, 3.05) is 6.61 Å². The van der Waals surface area contributed by atoms with Crippen molar-refractivity contribution >= 4 is 20.6 Å². The fourth-order valence-electron chi connectivity index (χ4n) is 1.18. The lowest BCUT2D eigenvalue weighted by molar-refractivity contribution is -0.148. The van der Waals surface area contributed by atoms with Gasteiger partial charge in [-0.15, -0.1) is 0 Å². The molecule has 0 bridgehead atoms. The molecule has 0 aromatic carbocycles. The fraction of sp³-hybridized carbons (Fsp3) is 0.846. The van der Waals surface area contributed by atoms with E-state index in [4.69, 9.17) is 9.16 Å². The van der Waals surface area contributed by atoms with E-state index in [2.05, 4.69) is 33.9 Å². The van der Waals surface area contributed by atoms with Gasteiger partial charge in [0.05, 0.1) is 6.61 Å². The smallest absolute Gasteiger partial charge is 0.302 e. The van der Waals surface area contributed by atoms with Crippen LogP contribution in [-0.2, 0) is 18.8 Å². The van der Waals surface area contributed by atoms with Crippen LogP contribution < -0.4 is 0 Å². The fourth-order valence-corrected chi connectivity index (χ4v) is 2.22. The molecule has 0 radical (unpaired) electrons. The van der Waals surface area contributed by atoms with Gasteiger partial charge >= 0.3 is 5.97 Å². The highest BCUT2D eigenvalue weighted by Crippen LogP contribution is 2.36. The van der Waals surface area contributed by atoms with Crippen molar-refractivity contribution in [2.24, 2.45) is 0 Å². The van der Waals surface area contributed by atoms with Crippen molar-refractivity contribution < 1.29 is 18.8 Å². The van der Waals surface area contributed by atoms with Crippen LogP contribution in [0.2, 0.25) is 18.1 Å². The molecule has 0 heterocycles. The lowest BCUT2D eigenvalue weighted by Gasteiger charge is -2.37. The van der Waals surface area contributed by atoms with E-state index in [1.807, 2.05) is 0 Å². The highest BCUT2D eigenvalue weighted by atomic mass is 28.4. The molecule has 0 aliphatic rings. The third-order valence-corrected chi connectivity index (χ3v) is 7.88. The Balaban J connectivity index is 4.41. The van der Waals surface area contributed by atoms with Crippen LogP contribution in [0.4, 0.5) is 0 Å². The maximum Gasteiger partial charge on any atom is 0.302 e. The lowest BCUT2D eigenvalue weighted by Crippen LogP contribution is -2.43. The Morgan fingerprint density at radius 1 is 1.33 bits per heavy atom. The summed E-state index contributed by atoms with van der Waals surface area (Å²) in [5.74, 6) is -0.329. The third kappa shape index (κ3) is 6.30. The predicted octanol–water partition coefficient (Wildman–Crippen LogP) is 2.92. The first-order chi connectivity index (χ1) is 8.10. The highest BCUT2D eigenvalue weighted by Gasteiger charge is 2.37. The molecule has 0 saturated heterocycles. The molecule has 0 aliphatic heterocycles. The van der Waals surface area contributed by atoms with E-state index in [1.165, 1.54) is 6.92 Å². The summed E-state index contributed by atoms with van der Waals surface area (Å²) in [6, 6.07) is 0. The van der Waals surface area contributed by atoms with Crippen LogP contribution in [0.3, 0.4) is 0 Å². The maximum absolute atomic E-state index is 11.0. The van der Waals surface area contributed by atoms with Gasteiger partial charge < -0.3 is 14.0 Å². The predicted molar refractivity (Wildman–Crippen MR) is 74.0 cm³/mol. The quantitative estimate of drug-likeness (QED) is 0.407. The van der Waals surface area contributed by atoms with E-state index in [-0.39, 0.29) is 17.1 Å². The molecule has 0 unspecified atom stereocenters. The number of rotatable bonds is 7. The summed E-state index contributed by atoms with van der Waals surface area (Å²) in [6.45, 7) is 12.5. The standard InChI is InChI=1S/C13H26O4Si/c1-11(15)17-12(8-7-9-14)10-16-18(5,6)13(2,3)4/h9,12H,7-8,10H2,1-6H3/t12-/m1/s1. The number of ether oxygens (including phenoxy) is 1. The van der Waals surface area contributed by atoms with Gasteiger partial charge in [0.15, 0.2) is 8.32 Å². The minimum Gasteiger partial charge on any atom is -0.460 e. The maximum atomic E-state index is 11.0. The molecule has 0 rings (SSSR count). The summed E-state index contributed by atoms with van der Waals surface area (Å²) in [5, 5.41) is 0.123. The molecule has 106 valence electrons. The van der Waals surface area contributed by atoms with Crippen LogP contribution in [0, 0.1) is 0 Å². The number of hydrogen-bond acceptors (Lipinski definition) is 4. The first-order valence-corrected chi connectivity index (χ1v) is 9.26. The molecule has 0 aromatic heterocycles. The molecule has 1 atom stereocenters. The van der Waals surface area contributed by atoms with Crippen molar-refractivity contribution in [1.29, 1.82) is 0 Å². The van der Waals surface area contributed by atoms with Gasteiger partial charge in [-0.25, -0.2) is 0 Å².